The monoisotopic (exact) mass is 409 g/mol. The van der Waals surface area contributed by atoms with Gasteiger partial charge in [0.05, 0.1) is 18.4 Å². The van der Waals surface area contributed by atoms with Crippen molar-refractivity contribution in [3.8, 4) is 11.5 Å². The number of amides is 2. The Kier molecular flexibility index (Phi) is 4.32. The number of ether oxygens (including phenoxy) is 2. The highest BCUT2D eigenvalue weighted by atomic mass is 32.1. The highest BCUT2D eigenvalue weighted by molar-refractivity contribution is 7.15. The summed E-state index contributed by atoms with van der Waals surface area (Å²) in [5.74, 6) is 0.791. The van der Waals surface area contributed by atoms with E-state index in [2.05, 4.69) is 20.3 Å². The van der Waals surface area contributed by atoms with Gasteiger partial charge < -0.3 is 14.4 Å². The first kappa shape index (κ1) is 17.6. The van der Waals surface area contributed by atoms with E-state index in [9.17, 15) is 9.59 Å². The number of anilines is 1. The van der Waals surface area contributed by atoms with Crippen molar-refractivity contribution in [2.24, 2.45) is 0 Å². The van der Waals surface area contributed by atoms with E-state index in [1.54, 1.807) is 23.1 Å². The van der Waals surface area contributed by atoms with Gasteiger partial charge in [0.1, 0.15) is 5.69 Å². The van der Waals surface area contributed by atoms with Gasteiger partial charge in [0.15, 0.2) is 16.6 Å². The van der Waals surface area contributed by atoms with Crippen molar-refractivity contribution in [1.82, 2.24) is 19.9 Å². The fourth-order valence-corrected chi connectivity index (χ4v) is 4.23. The number of carbonyl (C=O) groups is 2. The number of fused-ring (bicyclic) bond motifs is 2. The second kappa shape index (κ2) is 7.13. The minimum Gasteiger partial charge on any atom is -0.454 e. The summed E-state index contributed by atoms with van der Waals surface area (Å²) < 4.78 is 10.7. The summed E-state index contributed by atoms with van der Waals surface area (Å²) in [5, 5.41) is 3.24. The standard InChI is InChI=1S/C19H15N5O4S/c25-17(13-8-20-4-5-21-13)23-19-22-12-3-6-24(9-16(12)29-19)18(26)11-1-2-14-15(7-11)28-10-27-14/h1-2,4-5,7-8H,3,6,9-10H2,(H,22,23,25). The van der Waals surface area contributed by atoms with Crippen molar-refractivity contribution in [3.63, 3.8) is 0 Å². The van der Waals surface area contributed by atoms with Crippen LogP contribution in [0, 0.1) is 0 Å². The first-order valence-corrected chi connectivity index (χ1v) is 9.74. The highest BCUT2D eigenvalue weighted by Crippen LogP contribution is 2.34. The Balaban J connectivity index is 1.30. The zero-order chi connectivity index (χ0) is 19.8. The zero-order valence-corrected chi connectivity index (χ0v) is 15.9. The van der Waals surface area contributed by atoms with Gasteiger partial charge in [0.25, 0.3) is 11.8 Å². The van der Waals surface area contributed by atoms with Gasteiger partial charge in [-0.2, -0.15) is 0 Å². The molecule has 0 unspecified atom stereocenters. The van der Waals surface area contributed by atoms with Crippen molar-refractivity contribution in [1.29, 1.82) is 0 Å². The zero-order valence-electron chi connectivity index (χ0n) is 15.1. The van der Waals surface area contributed by atoms with E-state index in [1.165, 1.54) is 29.9 Å². The molecule has 10 heteroatoms. The van der Waals surface area contributed by atoms with Crippen molar-refractivity contribution >= 4 is 28.3 Å². The second-order valence-electron chi connectivity index (χ2n) is 6.48. The number of hydrogen-bond acceptors (Lipinski definition) is 8. The normalized spacial score (nSPS) is 14.4. The van der Waals surface area contributed by atoms with Crippen LogP contribution in [0.15, 0.2) is 36.8 Å². The van der Waals surface area contributed by atoms with Crippen molar-refractivity contribution in [2.75, 3.05) is 18.7 Å². The van der Waals surface area contributed by atoms with Crippen LogP contribution >= 0.6 is 11.3 Å². The summed E-state index contributed by atoms with van der Waals surface area (Å²) >= 11 is 1.36. The number of hydrogen-bond donors (Lipinski definition) is 1. The lowest BCUT2D eigenvalue weighted by Crippen LogP contribution is -2.35. The summed E-state index contributed by atoms with van der Waals surface area (Å²) in [6.45, 7) is 1.17. The Morgan fingerprint density at radius 1 is 1.17 bits per heavy atom. The van der Waals surface area contributed by atoms with Crippen LogP contribution in [0.1, 0.15) is 31.4 Å². The third-order valence-corrected chi connectivity index (χ3v) is 5.65. The summed E-state index contributed by atoms with van der Waals surface area (Å²) in [5.41, 5.74) is 1.68. The van der Waals surface area contributed by atoms with Crippen LogP contribution in [-0.4, -0.2) is 45.0 Å². The molecule has 146 valence electrons. The topological polar surface area (TPSA) is 107 Å². The van der Waals surface area contributed by atoms with Crippen LogP contribution in [0.3, 0.4) is 0 Å². The largest absolute Gasteiger partial charge is 0.454 e. The van der Waals surface area contributed by atoms with Gasteiger partial charge in [0, 0.05) is 35.8 Å². The number of benzene rings is 1. The summed E-state index contributed by atoms with van der Waals surface area (Å²) in [6.07, 6.45) is 4.99. The molecule has 0 bridgehead atoms. The molecule has 29 heavy (non-hydrogen) atoms. The number of nitrogens with zero attached hydrogens (tertiary/aromatic N) is 4. The molecular weight excluding hydrogens is 394 g/mol. The van der Waals surface area contributed by atoms with Gasteiger partial charge in [-0.25, -0.2) is 9.97 Å². The van der Waals surface area contributed by atoms with Crippen LogP contribution < -0.4 is 14.8 Å². The number of aromatic nitrogens is 3. The fraction of sp³-hybridized carbons (Fsp3) is 0.211. The van der Waals surface area contributed by atoms with E-state index in [0.29, 0.717) is 41.7 Å². The minimum atomic E-state index is -0.363. The van der Waals surface area contributed by atoms with Crippen LogP contribution in [-0.2, 0) is 13.0 Å². The van der Waals surface area contributed by atoms with Gasteiger partial charge >= 0.3 is 0 Å². The second-order valence-corrected chi connectivity index (χ2v) is 7.56. The Bertz CT molecular complexity index is 1100. The highest BCUT2D eigenvalue weighted by Gasteiger charge is 2.26. The first-order chi connectivity index (χ1) is 14.2. The van der Waals surface area contributed by atoms with E-state index in [-0.39, 0.29) is 24.3 Å². The molecule has 9 nitrogen and oxygen atoms in total. The van der Waals surface area contributed by atoms with Crippen LogP contribution in [0.4, 0.5) is 5.13 Å². The molecule has 0 fully saturated rings. The molecule has 2 amide bonds. The molecule has 2 aliphatic heterocycles. The summed E-state index contributed by atoms with van der Waals surface area (Å²) in [6, 6.07) is 5.20. The molecule has 0 radical (unpaired) electrons. The Labute approximate surface area is 169 Å². The number of carbonyl (C=O) groups excluding carboxylic acids is 2. The molecular formula is C19H15N5O4S. The molecule has 4 heterocycles. The van der Waals surface area contributed by atoms with Gasteiger partial charge in [0.2, 0.25) is 6.79 Å². The van der Waals surface area contributed by atoms with Gasteiger partial charge in [-0.1, -0.05) is 11.3 Å². The average molecular weight is 409 g/mol. The molecule has 0 spiro atoms. The molecule has 2 aliphatic rings. The average Bonchev–Trinajstić information content (AvgIpc) is 3.38. The maximum Gasteiger partial charge on any atom is 0.277 e. The Morgan fingerprint density at radius 2 is 2.07 bits per heavy atom. The summed E-state index contributed by atoms with van der Waals surface area (Å²) in [4.78, 5) is 40.2. The first-order valence-electron chi connectivity index (χ1n) is 8.92. The number of nitrogens with one attached hydrogen (secondary N) is 1. The maximum absolute atomic E-state index is 12.9. The number of rotatable bonds is 3. The fourth-order valence-electron chi connectivity index (χ4n) is 3.21. The van der Waals surface area contributed by atoms with E-state index >= 15 is 0 Å². The minimum absolute atomic E-state index is 0.0764. The Hall–Kier alpha value is -3.53. The lowest BCUT2D eigenvalue weighted by atomic mass is 10.1. The van der Waals surface area contributed by atoms with Gasteiger partial charge in [-0.15, -0.1) is 0 Å². The smallest absolute Gasteiger partial charge is 0.277 e. The molecule has 0 atom stereocenters. The van der Waals surface area contributed by atoms with Crippen LogP contribution in [0.5, 0.6) is 11.5 Å². The lowest BCUT2D eigenvalue weighted by molar-refractivity contribution is 0.0735. The van der Waals surface area contributed by atoms with Crippen molar-refractivity contribution in [2.45, 2.75) is 13.0 Å². The molecule has 0 saturated carbocycles. The predicted molar refractivity (Wildman–Crippen MR) is 103 cm³/mol. The molecule has 1 N–H and O–H groups in total. The maximum atomic E-state index is 12.9. The third-order valence-electron chi connectivity index (χ3n) is 4.65. The predicted octanol–water partition coefficient (Wildman–Crippen LogP) is 2.11. The lowest BCUT2D eigenvalue weighted by Gasteiger charge is -2.26. The SMILES string of the molecule is O=C(Nc1nc2c(s1)CN(C(=O)c1ccc3c(c1)OCO3)CC2)c1cnccn1. The van der Waals surface area contributed by atoms with Crippen molar-refractivity contribution in [3.05, 3.63) is 58.6 Å². The Morgan fingerprint density at radius 3 is 2.93 bits per heavy atom. The van der Waals surface area contributed by atoms with Crippen LogP contribution in [0.2, 0.25) is 0 Å². The molecule has 5 rings (SSSR count). The van der Waals surface area contributed by atoms with E-state index in [0.717, 1.165) is 10.6 Å². The van der Waals surface area contributed by atoms with Crippen LogP contribution in [0.25, 0.3) is 0 Å². The molecule has 1 aromatic carbocycles. The molecule has 3 aromatic rings. The molecule has 0 aliphatic carbocycles. The van der Waals surface area contributed by atoms with Gasteiger partial charge in [-0.05, 0) is 18.2 Å². The molecule has 2 aromatic heterocycles. The summed E-state index contributed by atoms with van der Waals surface area (Å²) in [7, 11) is 0. The van der Waals surface area contributed by atoms with E-state index < -0.39 is 0 Å². The molecule has 0 saturated heterocycles. The van der Waals surface area contributed by atoms with E-state index in [4.69, 9.17) is 9.47 Å². The van der Waals surface area contributed by atoms with Gasteiger partial charge in [-0.3, -0.25) is 19.9 Å². The van der Waals surface area contributed by atoms with E-state index in [1.807, 2.05) is 0 Å². The third kappa shape index (κ3) is 3.38. The quantitative estimate of drug-likeness (QED) is 0.706. The van der Waals surface area contributed by atoms with Crippen molar-refractivity contribution < 1.29 is 19.1 Å². The number of thiazole rings is 1.